The zero-order valence-corrected chi connectivity index (χ0v) is 41.6. The standard InChI is InChI=1S/C54H102N2O.C2H6/c1-6-8-10-12-14-16-18-20-23-29-43-56(44-30-24-21-19-17-15-13-11-9-7-2)45-31-25-22-28-42-55-52(57)38-33-46(3)49-36-37-50-48-35-34-47-32-26-27-40-53(47,4)51(48)39-41-54(49,50)5;1-2/h46-51H,6-45H2,1-5H3,(H,55,57);1-2H3/t46-,47?,48?,49?,50?,51?,53?,54?;/m1./s1. The molecule has 4 aliphatic rings. The van der Waals surface area contributed by atoms with Crippen LogP contribution in [-0.4, -0.2) is 37.0 Å². The largest absolute Gasteiger partial charge is 0.356 e. The molecule has 0 aromatic carbocycles. The second-order valence-corrected chi connectivity index (χ2v) is 21.6. The van der Waals surface area contributed by atoms with Gasteiger partial charge < -0.3 is 10.2 Å². The number of hydrogen-bond donors (Lipinski definition) is 1. The van der Waals surface area contributed by atoms with E-state index in [1.165, 1.54) is 232 Å². The second kappa shape index (κ2) is 31.3. The summed E-state index contributed by atoms with van der Waals surface area (Å²) in [5.74, 6) is 5.76. The van der Waals surface area contributed by atoms with Gasteiger partial charge in [-0.3, -0.25) is 4.79 Å². The number of rotatable bonds is 33. The van der Waals surface area contributed by atoms with Crippen molar-refractivity contribution in [3.8, 4) is 0 Å². The predicted molar refractivity (Wildman–Crippen MR) is 261 cm³/mol. The highest BCUT2D eigenvalue weighted by molar-refractivity contribution is 5.75. The zero-order chi connectivity index (χ0) is 42.6. The summed E-state index contributed by atoms with van der Waals surface area (Å²) in [6, 6.07) is 0. The van der Waals surface area contributed by atoms with Gasteiger partial charge in [-0.15, -0.1) is 0 Å². The van der Waals surface area contributed by atoms with Crippen molar-refractivity contribution < 1.29 is 4.79 Å². The molecule has 7 unspecified atom stereocenters. The molecule has 1 N–H and O–H groups in total. The van der Waals surface area contributed by atoms with Crippen LogP contribution in [0.5, 0.6) is 0 Å². The maximum Gasteiger partial charge on any atom is 0.220 e. The van der Waals surface area contributed by atoms with Crippen molar-refractivity contribution in [3.63, 3.8) is 0 Å². The third-order valence-electron chi connectivity index (χ3n) is 17.5. The smallest absolute Gasteiger partial charge is 0.220 e. The molecule has 4 fully saturated rings. The maximum absolute atomic E-state index is 13.0. The Bertz CT molecular complexity index is 1000. The summed E-state index contributed by atoms with van der Waals surface area (Å²) < 4.78 is 0. The fourth-order valence-electron chi connectivity index (χ4n) is 13.9. The summed E-state index contributed by atoms with van der Waals surface area (Å²) in [4.78, 5) is 15.8. The lowest BCUT2D eigenvalue weighted by Crippen LogP contribution is -2.53. The Morgan fingerprint density at radius 2 is 1.05 bits per heavy atom. The van der Waals surface area contributed by atoms with Crippen LogP contribution in [-0.2, 0) is 4.79 Å². The van der Waals surface area contributed by atoms with Crippen molar-refractivity contribution in [2.24, 2.45) is 46.3 Å². The van der Waals surface area contributed by atoms with Gasteiger partial charge in [0.2, 0.25) is 5.91 Å². The molecular formula is C56H108N2O. The van der Waals surface area contributed by atoms with E-state index in [9.17, 15) is 4.79 Å². The van der Waals surface area contributed by atoms with Gasteiger partial charge in [-0.2, -0.15) is 0 Å². The summed E-state index contributed by atoms with van der Waals surface area (Å²) in [6.45, 7) is 21.3. The average molecular weight is 825 g/mol. The molecule has 1 amide bonds. The van der Waals surface area contributed by atoms with Crippen molar-refractivity contribution in [1.29, 1.82) is 0 Å². The van der Waals surface area contributed by atoms with Crippen LogP contribution >= 0.6 is 0 Å². The number of fused-ring (bicyclic) bond motifs is 5. The molecule has 0 aromatic heterocycles. The molecule has 0 bridgehead atoms. The molecule has 0 aromatic rings. The van der Waals surface area contributed by atoms with Crippen LogP contribution in [0, 0.1) is 46.3 Å². The van der Waals surface area contributed by atoms with E-state index >= 15 is 0 Å². The van der Waals surface area contributed by atoms with Gasteiger partial charge >= 0.3 is 0 Å². The normalized spacial score (nSPS) is 28.0. The molecule has 4 aliphatic carbocycles. The van der Waals surface area contributed by atoms with E-state index in [4.69, 9.17) is 0 Å². The number of amides is 1. The monoisotopic (exact) mass is 825 g/mol. The number of carbonyl (C=O) groups is 1. The molecule has 0 radical (unpaired) electrons. The molecule has 348 valence electrons. The molecule has 8 atom stereocenters. The van der Waals surface area contributed by atoms with E-state index in [1.54, 1.807) is 0 Å². The van der Waals surface area contributed by atoms with Crippen molar-refractivity contribution in [2.75, 3.05) is 26.2 Å². The highest BCUT2D eigenvalue weighted by Gasteiger charge is 2.60. The molecule has 4 rings (SSSR count). The van der Waals surface area contributed by atoms with Crippen LogP contribution in [0.4, 0.5) is 0 Å². The molecule has 0 aliphatic heterocycles. The summed E-state index contributed by atoms with van der Waals surface area (Å²) >= 11 is 0. The van der Waals surface area contributed by atoms with Gasteiger partial charge in [0.15, 0.2) is 0 Å². The predicted octanol–water partition coefficient (Wildman–Crippen LogP) is 17.3. The van der Waals surface area contributed by atoms with Gasteiger partial charge in [0.05, 0.1) is 0 Å². The number of unbranched alkanes of at least 4 members (excludes halogenated alkanes) is 21. The van der Waals surface area contributed by atoms with Crippen molar-refractivity contribution in [1.82, 2.24) is 10.2 Å². The Kier molecular flexibility index (Phi) is 28.0. The third-order valence-corrected chi connectivity index (χ3v) is 17.5. The summed E-state index contributed by atoms with van der Waals surface area (Å²) in [5, 5.41) is 3.34. The Morgan fingerprint density at radius 3 is 1.59 bits per heavy atom. The first-order valence-electron chi connectivity index (χ1n) is 27.8. The first kappa shape index (κ1) is 52.8. The van der Waals surface area contributed by atoms with Gasteiger partial charge in [0.25, 0.3) is 0 Å². The van der Waals surface area contributed by atoms with Crippen molar-refractivity contribution in [2.45, 2.75) is 280 Å². The van der Waals surface area contributed by atoms with Gasteiger partial charge in [0, 0.05) is 13.0 Å². The van der Waals surface area contributed by atoms with E-state index in [0.29, 0.717) is 22.7 Å². The van der Waals surface area contributed by atoms with Crippen LogP contribution in [0.15, 0.2) is 0 Å². The average Bonchev–Trinajstić information content (AvgIpc) is 3.61. The maximum atomic E-state index is 13.0. The van der Waals surface area contributed by atoms with Gasteiger partial charge in [0.1, 0.15) is 0 Å². The number of nitrogens with zero attached hydrogens (tertiary/aromatic N) is 1. The van der Waals surface area contributed by atoms with Crippen LogP contribution in [0.2, 0.25) is 0 Å². The first-order chi connectivity index (χ1) is 28.8. The lowest BCUT2D eigenvalue weighted by molar-refractivity contribution is -0.122. The third kappa shape index (κ3) is 18.2. The van der Waals surface area contributed by atoms with Crippen molar-refractivity contribution in [3.05, 3.63) is 0 Å². The summed E-state index contributed by atoms with van der Waals surface area (Å²) in [7, 11) is 0. The Balaban J connectivity index is 0.00000458. The van der Waals surface area contributed by atoms with E-state index in [0.717, 1.165) is 55.4 Å². The molecule has 3 nitrogen and oxygen atoms in total. The SMILES string of the molecule is CC.CCCCCCCCCCCCN(CCCCCCCCCCCC)CCCCCCNC(=O)CC[C@@H](C)C1CCC2C3CCC4CCCCC4(C)C3CCC21C. The molecular weight excluding hydrogens is 717 g/mol. The highest BCUT2D eigenvalue weighted by Crippen LogP contribution is 2.68. The Labute approximate surface area is 371 Å². The van der Waals surface area contributed by atoms with Crippen LogP contribution in [0.1, 0.15) is 280 Å². The summed E-state index contributed by atoms with van der Waals surface area (Å²) in [6.07, 6.45) is 50.2. The topological polar surface area (TPSA) is 32.3 Å². The van der Waals surface area contributed by atoms with Crippen molar-refractivity contribution >= 4 is 5.91 Å². The highest BCUT2D eigenvalue weighted by atomic mass is 16.1. The zero-order valence-electron chi connectivity index (χ0n) is 41.6. The first-order valence-corrected chi connectivity index (χ1v) is 27.8. The lowest BCUT2D eigenvalue weighted by atomic mass is 9.44. The van der Waals surface area contributed by atoms with Crippen LogP contribution in [0.3, 0.4) is 0 Å². The molecule has 59 heavy (non-hydrogen) atoms. The lowest BCUT2D eigenvalue weighted by Gasteiger charge is -2.61. The molecule has 0 heterocycles. The Hall–Kier alpha value is -0.570. The molecule has 4 saturated carbocycles. The van der Waals surface area contributed by atoms with Gasteiger partial charge in [-0.25, -0.2) is 0 Å². The molecule has 0 saturated heterocycles. The fourth-order valence-corrected chi connectivity index (χ4v) is 13.9. The molecule has 3 heteroatoms. The summed E-state index contributed by atoms with van der Waals surface area (Å²) in [5.41, 5.74) is 1.16. The minimum Gasteiger partial charge on any atom is -0.356 e. The van der Waals surface area contributed by atoms with Crippen LogP contribution < -0.4 is 5.32 Å². The van der Waals surface area contributed by atoms with Gasteiger partial charge in [-0.05, 0) is 149 Å². The second-order valence-electron chi connectivity index (χ2n) is 21.6. The molecule has 0 spiro atoms. The van der Waals surface area contributed by atoms with E-state index in [1.807, 2.05) is 13.8 Å². The van der Waals surface area contributed by atoms with Crippen LogP contribution in [0.25, 0.3) is 0 Å². The number of nitrogens with one attached hydrogen (secondary N) is 1. The van der Waals surface area contributed by atoms with Gasteiger partial charge in [-0.1, -0.05) is 190 Å². The Morgan fingerprint density at radius 1 is 0.559 bits per heavy atom. The quantitative estimate of drug-likeness (QED) is 0.0669. The number of carbonyl (C=O) groups excluding carboxylic acids is 1. The van der Waals surface area contributed by atoms with E-state index in [-0.39, 0.29) is 0 Å². The number of hydrogen-bond acceptors (Lipinski definition) is 2. The minimum atomic E-state index is 0.313. The van der Waals surface area contributed by atoms with E-state index in [2.05, 4.69) is 44.8 Å². The van der Waals surface area contributed by atoms with E-state index < -0.39 is 0 Å². The minimum absolute atomic E-state index is 0.313. The fraction of sp³-hybridized carbons (Fsp3) is 0.982.